The lowest BCUT2D eigenvalue weighted by Gasteiger charge is -2.42. The van der Waals surface area contributed by atoms with E-state index in [2.05, 4.69) is 4.90 Å². The molecule has 1 heterocycles. The van der Waals surface area contributed by atoms with Crippen LogP contribution in [0.5, 0.6) is 0 Å². The number of rotatable bonds is 3. The van der Waals surface area contributed by atoms with Gasteiger partial charge >= 0.3 is 6.18 Å². The van der Waals surface area contributed by atoms with Crippen molar-refractivity contribution < 1.29 is 23.2 Å². The molecule has 1 amide bonds. The Morgan fingerprint density at radius 3 is 2.41 bits per heavy atom. The lowest BCUT2D eigenvalue weighted by Crippen LogP contribution is -2.52. The Morgan fingerprint density at radius 1 is 1.11 bits per heavy atom. The number of amides is 1. The van der Waals surface area contributed by atoms with Crippen LogP contribution in [-0.2, 0) is 6.18 Å². The molecule has 2 N–H and O–H groups in total. The van der Waals surface area contributed by atoms with Crippen molar-refractivity contribution in [2.75, 3.05) is 29.4 Å². The molecule has 0 aromatic heterocycles. The number of hydrogen-bond acceptors (Lipinski definition) is 4. The van der Waals surface area contributed by atoms with Gasteiger partial charge in [0, 0.05) is 42.6 Å². The van der Waals surface area contributed by atoms with Crippen LogP contribution in [0.3, 0.4) is 0 Å². The largest absolute Gasteiger partial charge is 0.416 e. The molecule has 3 rings (SSSR count). The highest BCUT2D eigenvalue weighted by molar-refractivity contribution is 5.93. The normalized spacial score (nSPS) is 17.7. The van der Waals surface area contributed by atoms with Crippen LogP contribution in [0.4, 0.5) is 24.5 Å². The first-order valence-electron chi connectivity index (χ1n) is 8.53. The fourth-order valence-corrected chi connectivity index (χ4v) is 3.32. The summed E-state index contributed by atoms with van der Waals surface area (Å²) in [6, 6.07) is 12.3. The summed E-state index contributed by atoms with van der Waals surface area (Å²) in [6.45, 7) is 3.82. The first-order valence-corrected chi connectivity index (χ1v) is 8.53. The summed E-state index contributed by atoms with van der Waals surface area (Å²) in [5.74, 6) is -0.580. The Balaban J connectivity index is 1.72. The third kappa shape index (κ3) is 4.16. The average Bonchev–Trinajstić information content (AvgIpc) is 2.67. The van der Waals surface area contributed by atoms with Gasteiger partial charge in [0.15, 0.2) is 0 Å². The summed E-state index contributed by atoms with van der Waals surface area (Å²) in [6.07, 6.45) is -4.36. The molecule has 5 nitrogen and oxygen atoms in total. The van der Waals surface area contributed by atoms with Crippen molar-refractivity contribution in [1.29, 1.82) is 0 Å². The predicted molar refractivity (Wildman–Crippen MR) is 96.2 cm³/mol. The molecule has 8 heteroatoms. The summed E-state index contributed by atoms with van der Waals surface area (Å²) < 4.78 is 38.8. The Labute approximate surface area is 155 Å². The molecule has 0 spiro atoms. The summed E-state index contributed by atoms with van der Waals surface area (Å²) in [5.41, 5.74) is 2.77. The number of hydroxylamine groups is 1. The number of piperazine rings is 1. The van der Waals surface area contributed by atoms with E-state index in [1.165, 1.54) is 12.1 Å². The molecule has 0 unspecified atom stereocenters. The number of carbonyl (C=O) groups excluding carboxylic acids is 1. The van der Waals surface area contributed by atoms with Crippen LogP contribution in [0.15, 0.2) is 48.5 Å². The molecule has 2 aromatic carbocycles. The Morgan fingerprint density at radius 2 is 1.81 bits per heavy atom. The molecule has 1 atom stereocenters. The molecule has 0 radical (unpaired) electrons. The van der Waals surface area contributed by atoms with Crippen molar-refractivity contribution in [2.45, 2.75) is 19.1 Å². The Hall–Kier alpha value is -2.74. The molecule has 1 fully saturated rings. The van der Waals surface area contributed by atoms with Gasteiger partial charge in [0.1, 0.15) is 0 Å². The van der Waals surface area contributed by atoms with Crippen molar-refractivity contribution in [3.05, 3.63) is 59.7 Å². The predicted octanol–water partition coefficient (Wildman–Crippen LogP) is 3.54. The Bertz CT molecular complexity index is 809. The van der Waals surface area contributed by atoms with Gasteiger partial charge in [0.05, 0.1) is 5.56 Å². The third-order valence-electron chi connectivity index (χ3n) is 4.73. The number of hydrogen-bond donors (Lipinski definition) is 2. The van der Waals surface area contributed by atoms with Crippen LogP contribution in [-0.4, -0.2) is 36.8 Å². The highest BCUT2D eigenvalue weighted by atomic mass is 19.4. The lowest BCUT2D eigenvalue weighted by atomic mass is 10.1. The number of nitrogens with one attached hydrogen (secondary N) is 1. The van der Waals surface area contributed by atoms with E-state index < -0.39 is 17.6 Å². The van der Waals surface area contributed by atoms with Crippen LogP contribution in [0.25, 0.3) is 0 Å². The standard InChI is InChI=1S/C19H20F3N3O2/c1-13-12-24(17-4-2-3-15(11-17)19(20,21)22)9-10-25(13)16-7-5-14(6-8-16)18(26)23-27/h2-8,11,13,27H,9-10,12H2,1H3,(H,23,26)/t13-/m0/s1. The van der Waals surface area contributed by atoms with Crippen LogP contribution in [0, 0.1) is 0 Å². The molecule has 0 bridgehead atoms. The number of halogens is 3. The first kappa shape index (κ1) is 19.0. The molecule has 1 aliphatic heterocycles. The topological polar surface area (TPSA) is 55.8 Å². The van der Waals surface area contributed by atoms with E-state index in [0.717, 1.165) is 11.8 Å². The second-order valence-corrected chi connectivity index (χ2v) is 6.52. The van der Waals surface area contributed by atoms with Gasteiger partial charge < -0.3 is 9.80 Å². The van der Waals surface area contributed by atoms with Crippen molar-refractivity contribution in [3.63, 3.8) is 0 Å². The van der Waals surface area contributed by atoms with Crippen LogP contribution in [0.2, 0.25) is 0 Å². The van der Waals surface area contributed by atoms with Crippen molar-refractivity contribution in [2.24, 2.45) is 0 Å². The van der Waals surface area contributed by atoms with Crippen LogP contribution in [0.1, 0.15) is 22.8 Å². The second-order valence-electron chi connectivity index (χ2n) is 6.52. The fourth-order valence-electron chi connectivity index (χ4n) is 3.32. The summed E-state index contributed by atoms with van der Waals surface area (Å²) in [5, 5.41) is 8.67. The summed E-state index contributed by atoms with van der Waals surface area (Å²) in [4.78, 5) is 15.5. The first-order chi connectivity index (χ1) is 12.8. The molecule has 144 valence electrons. The molecule has 2 aromatic rings. The number of alkyl halides is 3. The van der Waals surface area contributed by atoms with E-state index in [1.807, 2.05) is 11.8 Å². The van der Waals surface area contributed by atoms with E-state index in [1.54, 1.807) is 35.8 Å². The summed E-state index contributed by atoms with van der Waals surface area (Å²) in [7, 11) is 0. The van der Waals surface area contributed by atoms with Gasteiger partial charge in [-0.2, -0.15) is 13.2 Å². The summed E-state index contributed by atoms with van der Waals surface area (Å²) >= 11 is 0. The Kier molecular flexibility index (Phi) is 5.27. The number of benzene rings is 2. The highest BCUT2D eigenvalue weighted by Crippen LogP contribution is 2.32. The molecule has 1 saturated heterocycles. The molecule has 0 aliphatic carbocycles. The van der Waals surface area contributed by atoms with Gasteiger partial charge in [-0.25, -0.2) is 5.48 Å². The van der Waals surface area contributed by atoms with Gasteiger partial charge in [0.2, 0.25) is 0 Å². The van der Waals surface area contributed by atoms with Gasteiger partial charge in [0.25, 0.3) is 5.91 Å². The zero-order valence-electron chi connectivity index (χ0n) is 14.7. The van der Waals surface area contributed by atoms with E-state index >= 15 is 0 Å². The van der Waals surface area contributed by atoms with Gasteiger partial charge in [-0.3, -0.25) is 10.0 Å². The minimum absolute atomic E-state index is 0.0748. The quantitative estimate of drug-likeness (QED) is 0.633. The monoisotopic (exact) mass is 379 g/mol. The fraction of sp³-hybridized carbons (Fsp3) is 0.316. The zero-order chi connectivity index (χ0) is 19.6. The molecule has 0 saturated carbocycles. The van der Waals surface area contributed by atoms with E-state index in [0.29, 0.717) is 30.9 Å². The number of carbonyl (C=O) groups is 1. The zero-order valence-corrected chi connectivity index (χ0v) is 14.7. The number of anilines is 2. The van der Waals surface area contributed by atoms with Crippen molar-refractivity contribution in [1.82, 2.24) is 5.48 Å². The minimum Gasteiger partial charge on any atom is -0.368 e. The van der Waals surface area contributed by atoms with E-state index in [-0.39, 0.29) is 6.04 Å². The van der Waals surface area contributed by atoms with Crippen LogP contribution >= 0.6 is 0 Å². The maximum atomic E-state index is 12.9. The van der Waals surface area contributed by atoms with Crippen LogP contribution < -0.4 is 15.3 Å². The minimum atomic E-state index is -4.36. The SMILES string of the molecule is C[C@H]1CN(c2cccc(C(F)(F)F)c2)CCN1c1ccc(C(=O)NO)cc1. The maximum absolute atomic E-state index is 12.9. The van der Waals surface area contributed by atoms with Crippen molar-refractivity contribution >= 4 is 17.3 Å². The van der Waals surface area contributed by atoms with Gasteiger partial charge in [-0.15, -0.1) is 0 Å². The van der Waals surface area contributed by atoms with Crippen molar-refractivity contribution in [3.8, 4) is 0 Å². The van der Waals surface area contributed by atoms with E-state index in [9.17, 15) is 18.0 Å². The smallest absolute Gasteiger partial charge is 0.368 e. The lowest BCUT2D eigenvalue weighted by molar-refractivity contribution is -0.137. The average molecular weight is 379 g/mol. The molecular formula is C19H20F3N3O2. The van der Waals surface area contributed by atoms with Gasteiger partial charge in [-0.05, 0) is 49.4 Å². The molecule has 1 aliphatic rings. The maximum Gasteiger partial charge on any atom is 0.416 e. The third-order valence-corrected chi connectivity index (χ3v) is 4.73. The number of nitrogens with zero attached hydrogens (tertiary/aromatic N) is 2. The van der Waals surface area contributed by atoms with Gasteiger partial charge in [-0.1, -0.05) is 6.07 Å². The highest BCUT2D eigenvalue weighted by Gasteiger charge is 2.31. The van der Waals surface area contributed by atoms with E-state index in [4.69, 9.17) is 5.21 Å². The second kappa shape index (κ2) is 7.48. The molecule has 27 heavy (non-hydrogen) atoms. The molecular weight excluding hydrogens is 359 g/mol.